The fourth-order valence-electron chi connectivity index (χ4n) is 3.40. The summed E-state index contributed by atoms with van der Waals surface area (Å²) in [4.78, 5) is 26.8. The number of aromatic nitrogens is 2. The van der Waals surface area contributed by atoms with Gasteiger partial charge in [-0.25, -0.2) is 0 Å². The second-order valence-electron chi connectivity index (χ2n) is 6.85. The second-order valence-corrected chi connectivity index (χ2v) is 6.85. The number of nitro groups is 1. The van der Waals surface area contributed by atoms with Crippen LogP contribution in [0.4, 0.5) is 5.82 Å². The number of aryl methyl sites for hydroxylation is 1. The van der Waals surface area contributed by atoms with E-state index in [0.29, 0.717) is 17.9 Å². The lowest BCUT2D eigenvalue weighted by Crippen LogP contribution is -2.14. The normalized spacial score (nSPS) is 12.1. The van der Waals surface area contributed by atoms with E-state index in [1.165, 1.54) is 18.3 Å². The molecule has 0 radical (unpaired) electrons. The van der Waals surface area contributed by atoms with Crippen LogP contribution in [0.3, 0.4) is 0 Å². The van der Waals surface area contributed by atoms with Crippen LogP contribution >= 0.6 is 0 Å². The second kappa shape index (κ2) is 7.86. The van der Waals surface area contributed by atoms with Gasteiger partial charge in [0.2, 0.25) is 18.3 Å². The molecule has 0 aliphatic carbocycles. The minimum absolute atomic E-state index is 0.0370. The van der Waals surface area contributed by atoms with Crippen molar-refractivity contribution in [3.05, 3.63) is 75.2 Å². The molecule has 0 saturated heterocycles. The van der Waals surface area contributed by atoms with E-state index in [9.17, 15) is 14.9 Å². The lowest BCUT2D eigenvalue weighted by atomic mass is 10.1. The molecule has 30 heavy (non-hydrogen) atoms. The van der Waals surface area contributed by atoms with E-state index in [1.807, 2.05) is 36.6 Å². The van der Waals surface area contributed by atoms with Gasteiger partial charge in [0, 0.05) is 23.5 Å². The first-order valence-electron chi connectivity index (χ1n) is 9.24. The molecular formula is C21H19N3O6. The first-order chi connectivity index (χ1) is 14.4. The Hall–Kier alpha value is -3.88. The quantitative estimate of drug-likeness (QED) is 0.334. The van der Waals surface area contributed by atoms with Crippen molar-refractivity contribution in [3.63, 3.8) is 0 Å². The smallest absolute Gasteiger partial charge is 0.406 e. The van der Waals surface area contributed by atoms with Crippen LogP contribution in [0, 0.1) is 24.0 Å². The van der Waals surface area contributed by atoms with Gasteiger partial charge in [0.25, 0.3) is 0 Å². The lowest BCUT2D eigenvalue weighted by Gasteiger charge is -2.11. The maximum absolute atomic E-state index is 12.7. The van der Waals surface area contributed by atoms with Crippen molar-refractivity contribution in [3.8, 4) is 17.2 Å². The minimum atomic E-state index is -0.642. The van der Waals surface area contributed by atoms with Crippen molar-refractivity contribution in [2.75, 3.05) is 13.4 Å². The van der Waals surface area contributed by atoms with Gasteiger partial charge in [-0.3, -0.25) is 4.79 Å². The standard InChI is InChI=1S/C21H19N3O6/c1-13-8-16(17(25)11-28-19-4-3-7-22-21(19)24(26)27)14(2)23(13)10-15-5-6-18-20(9-15)30-12-29-18/h3-9H,10-12H2,1-2H3. The molecule has 154 valence electrons. The third kappa shape index (κ3) is 3.69. The zero-order valence-corrected chi connectivity index (χ0v) is 16.5. The molecule has 2 aromatic heterocycles. The number of ether oxygens (including phenoxy) is 3. The molecule has 3 heterocycles. The molecule has 0 N–H and O–H groups in total. The molecule has 0 spiro atoms. The molecular weight excluding hydrogens is 390 g/mol. The Labute approximate surface area is 172 Å². The predicted molar refractivity (Wildman–Crippen MR) is 106 cm³/mol. The number of carbonyl (C=O) groups is 1. The number of carbonyl (C=O) groups excluding carboxylic acids is 1. The van der Waals surface area contributed by atoms with Crippen molar-refractivity contribution in [1.82, 2.24) is 9.55 Å². The molecule has 9 heteroatoms. The molecule has 0 atom stereocenters. The van der Waals surface area contributed by atoms with Gasteiger partial charge in [-0.05, 0) is 59.7 Å². The highest BCUT2D eigenvalue weighted by atomic mass is 16.7. The van der Waals surface area contributed by atoms with Crippen molar-refractivity contribution < 1.29 is 23.9 Å². The Morgan fingerprint density at radius 1 is 1.23 bits per heavy atom. The molecule has 1 aromatic carbocycles. The molecule has 9 nitrogen and oxygen atoms in total. The van der Waals surface area contributed by atoms with Gasteiger partial charge in [0.05, 0.1) is 0 Å². The Morgan fingerprint density at radius 3 is 2.83 bits per heavy atom. The number of rotatable bonds is 7. The molecule has 1 aliphatic rings. The average molecular weight is 409 g/mol. The van der Waals surface area contributed by atoms with Crippen LogP contribution in [0.1, 0.15) is 27.3 Å². The van der Waals surface area contributed by atoms with Gasteiger partial charge >= 0.3 is 5.82 Å². The third-order valence-electron chi connectivity index (χ3n) is 4.93. The summed E-state index contributed by atoms with van der Waals surface area (Å²) < 4.78 is 18.2. The summed E-state index contributed by atoms with van der Waals surface area (Å²) in [5.74, 6) is 0.705. The average Bonchev–Trinajstić information content (AvgIpc) is 3.31. The summed E-state index contributed by atoms with van der Waals surface area (Å²) in [5.41, 5.74) is 3.24. The van der Waals surface area contributed by atoms with Crippen LogP contribution < -0.4 is 14.2 Å². The van der Waals surface area contributed by atoms with E-state index >= 15 is 0 Å². The molecule has 0 fully saturated rings. The summed E-state index contributed by atoms with van der Waals surface area (Å²) >= 11 is 0. The Balaban J connectivity index is 1.50. The van der Waals surface area contributed by atoms with Crippen molar-refractivity contribution >= 4 is 11.6 Å². The molecule has 0 unspecified atom stereocenters. The highest BCUT2D eigenvalue weighted by molar-refractivity contribution is 5.98. The maximum Gasteiger partial charge on any atom is 0.406 e. The number of hydrogen-bond acceptors (Lipinski definition) is 7. The number of fused-ring (bicyclic) bond motifs is 1. The predicted octanol–water partition coefficient (Wildman–Crippen LogP) is 3.45. The monoisotopic (exact) mass is 409 g/mol. The summed E-state index contributed by atoms with van der Waals surface area (Å²) in [5, 5.41) is 11.0. The van der Waals surface area contributed by atoms with Crippen molar-refractivity contribution in [2.24, 2.45) is 0 Å². The highest BCUT2D eigenvalue weighted by Crippen LogP contribution is 2.33. The van der Waals surface area contributed by atoms with Gasteiger partial charge in [-0.2, -0.15) is 0 Å². The number of hydrogen-bond donors (Lipinski definition) is 0. The fraction of sp³-hybridized carbons (Fsp3) is 0.238. The van der Waals surface area contributed by atoms with Gasteiger partial charge in [0.1, 0.15) is 6.20 Å². The van der Waals surface area contributed by atoms with Crippen LogP contribution in [0.25, 0.3) is 0 Å². The first-order valence-corrected chi connectivity index (χ1v) is 9.24. The van der Waals surface area contributed by atoms with E-state index in [2.05, 4.69) is 4.98 Å². The zero-order chi connectivity index (χ0) is 21.3. The van der Waals surface area contributed by atoms with Crippen LogP contribution in [0.2, 0.25) is 0 Å². The highest BCUT2D eigenvalue weighted by Gasteiger charge is 2.21. The Morgan fingerprint density at radius 2 is 2.03 bits per heavy atom. The van der Waals surface area contributed by atoms with Crippen LogP contribution in [-0.2, 0) is 6.54 Å². The van der Waals surface area contributed by atoms with Gasteiger partial charge in [-0.1, -0.05) is 6.07 Å². The third-order valence-corrected chi connectivity index (χ3v) is 4.93. The number of benzene rings is 1. The number of nitrogens with zero attached hydrogens (tertiary/aromatic N) is 3. The largest absolute Gasteiger partial charge is 0.477 e. The van der Waals surface area contributed by atoms with Crippen LogP contribution in [-0.4, -0.2) is 33.7 Å². The van der Waals surface area contributed by atoms with Crippen LogP contribution in [0.5, 0.6) is 17.2 Å². The number of pyridine rings is 1. The van der Waals surface area contributed by atoms with Gasteiger partial charge in [0.15, 0.2) is 18.1 Å². The van der Waals surface area contributed by atoms with Gasteiger partial charge < -0.3 is 28.9 Å². The van der Waals surface area contributed by atoms with E-state index in [1.54, 1.807) is 6.07 Å². The van der Waals surface area contributed by atoms with E-state index < -0.39 is 10.7 Å². The molecule has 1 aliphatic heterocycles. The van der Waals surface area contributed by atoms with Gasteiger partial charge in [-0.15, -0.1) is 0 Å². The Bertz CT molecular complexity index is 1140. The topological polar surface area (TPSA) is 106 Å². The summed E-state index contributed by atoms with van der Waals surface area (Å²) in [6.45, 7) is 4.24. The summed E-state index contributed by atoms with van der Waals surface area (Å²) in [6.07, 6.45) is 1.30. The molecule has 0 saturated carbocycles. The minimum Gasteiger partial charge on any atom is -0.477 e. The lowest BCUT2D eigenvalue weighted by molar-refractivity contribution is -0.390. The van der Waals surface area contributed by atoms with Crippen molar-refractivity contribution in [2.45, 2.75) is 20.4 Å². The van der Waals surface area contributed by atoms with E-state index in [4.69, 9.17) is 14.2 Å². The zero-order valence-electron chi connectivity index (χ0n) is 16.5. The van der Waals surface area contributed by atoms with Crippen molar-refractivity contribution in [1.29, 1.82) is 0 Å². The first kappa shape index (κ1) is 19.4. The molecule has 0 bridgehead atoms. The maximum atomic E-state index is 12.7. The summed E-state index contributed by atoms with van der Waals surface area (Å²) in [7, 11) is 0. The fourth-order valence-corrected chi connectivity index (χ4v) is 3.40. The van der Waals surface area contributed by atoms with E-state index in [0.717, 1.165) is 22.7 Å². The Kier molecular flexibility index (Phi) is 5.09. The number of Topliss-reactive ketones (excluding diaryl/α,β-unsaturated/α-hetero) is 1. The summed E-state index contributed by atoms with van der Waals surface area (Å²) in [6, 6.07) is 10.5. The number of ketones is 1. The molecule has 3 aromatic rings. The van der Waals surface area contributed by atoms with E-state index in [-0.39, 0.29) is 24.9 Å². The molecule has 0 amide bonds. The van der Waals surface area contributed by atoms with Crippen LogP contribution in [0.15, 0.2) is 42.6 Å². The molecule has 4 rings (SSSR count). The SMILES string of the molecule is Cc1cc(C(=O)COc2cccnc2[N+](=O)[O-])c(C)n1Cc1ccc2c(c1)OCO2.